The highest BCUT2D eigenvalue weighted by atomic mass is 16.5. The van der Waals surface area contributed by atoms with Gasteiger partial charge in [-0.05, 0) is 59.6 Å². The largest absolute Gasteiger partial charge is 0.493 e. The molecule has 29 heavy (non-hydrogen) atoms. The van der Waals surface area contributed by atoms with Gasteiger partial charge in [0.2, 0.25) is 5.91 Å². The number of nitrogens with one attached hydrogen (secondary N) is 1. The summed E-state index contributed by atoms with van der Waals surface area (Å²) in [4.78, 5) is 12.4. The molecular formula is C24H30N2O3. The Kier molecular flexibility index (Phi) is 6.26. The first-order valence-electron chi connectivity index (χ1n) is 10.1. The van der Waals surface area contributed by atoms with Crippen molar-refractivity contribution in [1.29, 1.82) is 0 Å². The zero-order valence-corrected chi connectivity index (χ0v) is 17.9. The maximum absolute atomic E-state index is 12.4. The van der Waals surface area contributed by atoms with Gasteiger partial charge in [0.1, 0.15) is 0 Å². The molecule has 1 aliphatic rings. The molecule has 0 spiro atoms. The maximum atomic E-state index is 12.4. The number of benzene rings is 2. The van der Waals surface area contributed by atoms with Gasteiger partial charge in [0.15, 0.2) is 11.5 Å². The summed E-state index contributed by atoms with van der Waals surface area (Å²) in [6.45, 7) is 9.10. The lowest BCUT2D eigenvalue weighted by Gasteiger charge is -2.19. The fourth-order valence-electron chi connectivity index (χ4n) is 3.38. The summed E-state index contributed by atoms with van der Waals surface area (Å²) >= 11 is 0. The van der Waals surface area contributed by atoms with Crippen molar-refractivity contribution in [3.05, 3.63) is 59.2 Å². The SMILES string of the molecule is CCOc1ccc(/C=N/NC(=O)[C@H]2C[C@H]2c2ccc(C(C)(C)C)cc2)cc1OC. The lowest BCUT2D eigenvalue weighted by Crippen LogP contribution is -2.20. The minimum atomic E-state index is -0.0379. The van der Waals surface area contributed by atoms with Crippen molar-refractivity contribution in [1.82, 2.24) is 5.43 Å². The van der Waals surface area contributed by atoms with Crippen LogP contribution in [0.4, 0.5) is 0 Å². The molecule has 1 amide bonds. The summed E-state index contributed by atoms with van der Waals surface area (Å²) in [7, 11) is 1.60. The predicted molar refractivity (Wildman–Crippen MR) is 116 cm³/mol. The van der Waals surface area contributed by atoms with E-state index in [4.69, 9.17) is 9.47 Å². The normalized spacial score (nSPS) is 18.5. The van der Waals surface area contributed by atoms with Crippen LogP contribution in [0.3, 0.4) is 0 Å². The number of hydrogen-bond donors (Lipinski definition) is 1. The van der Waals surface area contributed by atoms with Gasteiger partial charge in [0.25, 0.3) is 0 Å². The predicted octanol–water partition coefficient (Wildman–Crippen LogP) is 4.65. The summed E-state index contributed by atoms with van der Waals surface area (Å²) in [6.07, 6.45) is 2.48. The Morgan fingerprint density at radius 1 is 1.17 bits per heavy atom. The van der Waals surface area contributed by atoms with E-state index in [1.165, 1.54) is 11.1 Å². The first kappa shape index (κ1) is 20.9. The van der Waals surface area contributed by atoms with Crippen LogP contribution in [0.2, 0.25) is 0 Å². The monoisotopic (exact) mass is 394 g/mol. The molecule has 0 radical (unpaired) electrons. The van der Waals surface area contributed by atoms with Crippen molar-refractivity contribution in [3.8, 4) is 11.5 Å². The molecule has 2 aromatic rings. The van der Waals surface area contributed by atoms with Gasteiger partial charge in [-0.3, -0.25) is 4.79 Å². The van der Waals surface area contributed by atoms with Gasteiger partial charge >= 0.3 is 0 Å². The van der Waals surface area contributed by atoms with Gasteiger partial charge in [-0.2, -0.15) is 5.10 Å². The van der Waals surface area contributed by atoms with E-state index < -0.39 is 0 Å². The number of methoxy groups -OCH3 is 1. The number of ether oxygens (including phenoxy) is 2. The highest BCUT2D eigenvalue weighted by molar-refractivity contribution is 5.86. The van der Waals surface area contributed by atoms with E-state index in [1.807, 2.05) is 25.1 Å². The fourth-order valence-corrected chi connectivity index (χ4v) is 3.38. The molecule has 5 heteroatoms. The minimum absolute atomic E-state index is 0.0116. The number of hydrogen-bond acceptors (Lipinski definition) is 4. The Labute approximate surface area is 173 Å². The molecule has 2 atom stereocenters. The van der Waals surface area contributed by atoms with E-state index in [0.29, 0.717) is 18.1 Å². The molecule has 0 bridgehead atoms. The van der Waals surface area contributed by atoms with E-state index >= 15 is 0 Å². The van der Waals surface area contributed by atoms with Crippen molar-refractivity contribution in [3.63, 3.8) is 0 Å². The Bertz CT molecular complexity index is 882. The van der Waals surface area contributed by atoms with Crippen LogP contribution in [0.5, 0.6) is 11.5 Å². The van der Waals surface area contributed by atoms with Crippen LogP contribution in [0.25, 0.3) is 0 Å². The van der Waals surface area contributed by atoms with E-state index in [1.54, 1.807) is 13.3 Å². The number of amides is 1. The van der Waals surface area contributed by atoms with Crippen LogP contribution in [-0.4, -0.2) is 25.8 Å². The Hall–Kier alpha value is -2.82. The summed E-state index contributed by atoms with van der Waals surface area (Å²) in [5.41, 5.74) is 6.15. The Morgan fingerprint density at radius 2 is 1.90 bits per heavy atom. The van der Waals surface area contributed by atoms with Gasteiger partial charge in [0, 0.05) is 5.92 Å². The standard InChI is InChI=1S/C24H30N2O3/c1-6-29-21-12-7-16(13-22(21)28-5)15-25-26-23(27)20-14-19(20)17-8-10-18(11-9-17)24(2,3)4/h7-13,15,19-20H,6,14H2,1-5H3,(H,26,27)/b25-15+/t19-,20-/m0/s1. The fraction of sp³-hybridized carbons (Fsp3) is 0.417. The second kappa shape index (κ2) is 8.68. The summed E-state index contributed by atoms with van der Waals surface area (Å²) in [6, 6.07) is 14.2. The number of carbonyl (C=O) groups excluding carboxylic acids is 1. The lowest BCUT2D eigenvalue weighted by atomic mass is 9.86. The minimum Gasteiger partial charge on any atom is -0.493 e. The van der Waals surface area contributed by atoms with Crippen molar-refractivity contribution in [2.75, 3.05) is 13.7 Å². The average Bonchev–Trinajstić information content (AvgIpc) is 3.49. The second-order valence-corrected chi connectivity index (χ2v) is 8.40. The van der Waals surface area contributed by atoms with Crippen molar-refractivity contribution < 1.29 is 14.3 Å². The molecule has 2 aromatic carbocycles. The zero-order valence-electron chi connectivity index (χ0n) is 17.9. The van der Waals surface area contributed by atoms with Crippen molar-refractivity contribution in [2.45, 2.75) is 45.4 Å². The Balaban J connectivity index is 1.55. The van der Waals surface area contributed by atoms with Crippen LogP contribution >= 0.6 is 0 Å². The smallest absolute Gasteiger partial charge is 0.243 e. The second-order valence-electron chi connectivity index (χ2n) is 8.40. The molecule has 1 fully saturated rings. The van der Waals surface area contributed by atoms with E-state index in [0.717, 1.165) is 12.0 Å². The number of hydrazone groups is 1. The molecule has 5 nitrogen and oxygen atoms in total. The van der Waals surface area contributed by atoms with Gasteiger partial charge in [0.05, 0.1) is 19.9 Å². The third-order valence-electron chi connectivity index (χ3n) is 5.21. The molecule has 0 aliphatic heterocycles. The summed E-state index contributed by atoms with van der Waals surface area (Å²) in [5, 5.41) is 4.11. The van der Waals surface area contributed by atoms with Crippen LogP contribution in [0.1, 0.15) is 56.7 Å². The number of carbonyl (C=O) groups is 1. The summed E-state index contributed by atoms with van der Waals surface area (Å²) < 4.78 is 10.8. The molecule has 1 N–H and O–H groups in total. The quantitative estimate of drug-likeness (QED) is 0.549. The molecule has 0 unspecified atom stereocenters. The van der Waals surface area contributed by atoms with Crippen molar-refractivity contribution >= 4 is 12.1 Å². The Morgan fingerprint density at radius 3 is 2.52 bits per heavy atom. The molecule has 0 saturated heterocycles. The van der Waals surface area contributed by atoms with Crippen molar-refractivity contribution in [2.24, 2.45) is 11.0 Å². The highest BCUT2D eigenvalue weighted by Crippen LogP contribution is 2.47. The topological polar surface area (TPSA) is 59.9 Å². The maximum Gasteiger partial charge on any atom is 0.243 e. The lowest BCUT2D eigenvalue weighted by molar-refractivity contribution is -0.122. The first-order valence-corrected chi connectivity index (χ1v) is 10.1. The third kappa shape index (κ3) is 5.17. The molecule has 0 aromatic heterocycles. The number of nitrogens with zero attached hydrogens (tertiary/aromatic N) is 1. The van der Waals surface area contributed by atoms with E-state index in [-0.39, 0.29) is 23.2 Å². The molecule has 1 saturated carbocycles. The van der Waals surface area contributed by atoms with Crippen LogP contribution in [-0.2, 0) is 10.2 Å². The average molecular weight is 395 g/mol. The van der Waals surface area contributed by atoms with Crippen LogP contribution in [0.15, 0.2) is 47.6 Å². The summed E-state index contributed by atoms with van der Waals surface area (Å²) in [5.74, 6) is 1.56. The zero-order chi connectivity index (χ0) is 21.0. The third-order valence-corrected chi connectivity index (χ3v) is 5.21. The van der Waals surface area contributed by atoms with Gasteiger partial charge in [-0.1, -0.05) is 45.0 Å². The van der Waals surface area contributed by atoms with Crippen LogP contribution < -0.4 is 14.9 Å². The van der Waals surface area contributed by atoms with Crippen LogP contribution in [0, 0.1) is 5.92 Å². The molecule has 0 heterocycles. The number of rotatable bonds is 7. The van der Waals surface area contributed by atoms with E-state index in [9.17, 15) is 4.79 Å². The van der Waals surface area contributed by atoms with E-state index in [2.05, 4.69) is 55.6 Å². The first-order chi connectivity index (χ1) is 13.8. The molecule has 3 rings (SSSR count). The van der Waals surface area contributed by atoms with Gasteiger partial charge in [-0.15, -0.1) is 0 Å². The highest BCUT2D eigenvalue weighted by Gasteiger charge is 2.44. The molecule has 1 aliphatic carbocycles. The van der Waals surface area contributed by atoms with Gasteiger partial charge < -0.3 is 9.47 Å². The molecular weight excluding hydrogens is 364 g/mol. The molecule has 154 valence electrons. The van der Waals surface area contributed by atoms with Gasteiger partial charge in [-0.25, -0.2) is 5.43 Å².